The number of ether oxygens (including phenoxy) is 4. The second kappa shape index (κ2) is 12.8. The normalized spacial score (nSPS) is 23.7. The highest BCUT2D eigenvalue weighted by molar-refractivity contribution is 8.00. The van der Waals surface area contributed by atoms with Gasteiger partial charge < -0.3 is 34.3 Å². The first kappa shape index (κ1) is 28.9. The van der Waals surface area contributed by atoms with Gasteiger partial charge in [0, 0.05) is 13.1 Å². The number of nitrogens with one attached hydrogen (secondary N) is 1. The number of alkyl halides is 1. The summed E-state index contributed by atoms with van der Waals surface area (Å²) in [6, 6.07) is 12.4. The molecule has 1 unspecified atom stereocenters. The summed E-state index contributed by atoms with van der Waals surface area (Å²) in [6.45, 7) is 1.01. The Kier molecular flexibility index (Phi) is 9.27. The van der Waals surface area contributed by atoms with Crippen molar-refractivity contribution in [2.75, 3.05) is 20.8 Å². The Bertz CT molecular complexity index is 1290. The lowest BCUT2D eigenvalue weighted by molar-refractivity contribution is -0.117. The highest BCUT2D eigenvalue weighted by Gasteiger charge is 2.51. The summed E-state index contributed by atoms with van der Waals surface area (Å²) >= 11 is 1.03. The van der Waals surface area contributed by atoms with Crippen LogP contribution in [-0.4, -0.2) is 83.8 Å². The van der Waals surface area contributed by atoms with Crippen molar-refractivity contribution in [2.45, 2.75) is 36.2 Å². The zero-order valence-corrected chi connectivity index (χ0v) is 22.7. The van der Waals surface area contributed by atoms with E-state index in [1.807, 2.05) is 0 Å². The summed E-state index contributed by atoms with van der Waals surface area (Å²) in [6.07, 6.45) is -1.83. The largest absolute Gasteiger partial charge is 0.497 e. The van der Waals surface area contributed by atoms with Crippen LogP contribution >= 0.6 is 11.8 Å². The molecule has 2 aliphatic heterocycles. The predicted octanol–water partition coefficient (Wildman–Crippen LogP) is 2.51. The molecule has 2 aromatic rings. The van der Waals surface area contributed by atoms with Crippen molar-refractivity contribution < 1.29 is 42.8 Å². The van der Waals surface area contributed by atoms with Gasteiger partial charge in [0.2, 0.25) is 12.3 Å². The number of aliphatic hydroxyl groups excluding tert-OH is 1. The Hall–Kier alpha value is -4.10. The highest BCUT2D eigenvalue weighted by atomic mass is 32.2. The molecule has 5 atom stereocenters. The van der Waals surface area contributed by atoms with Crippen LogP contribution in [0.1, 0.15) is 27.6 Å². The lowest BCUT2D eigenvalue weighted by atomic mass is 10.1. The minimum absolute atomic E-state index is 0.113. The third-order valence-corrected chi connectivity index (χ3v) is 7.60. The van der Waals surface area contributed by atoms with Crippen molar-refractivity contribution in [3.8, 4) is 11.5 Å². The van der Waals surface area contributed by atoms with E-state index in [9.17, 15) is 19.5 Å². The number of aliphatic imine (C=N–C) groups is 1. The van der Waals surface area contributed by atoms with Crippen molar-refractivity contribution in [3.63, 3.8) is 0 Å². The number of rotatable bonds is 8. The molecular formula is C27H28FN3O8S. The van der Waals surface area contributed by atoms with E-state index >= 15 is 4.39 Å². The van der Waals surface area contributed by atoms with Crippen molar-refractivity contribution in [1.82, 2.24) is 10.2 Å². The molecule has 1 saturated heterocycles. The van der Waals surface area contributed by atoms with Gasteiger partial charge in [-0.15, -0.1) is 11.8 Å². The van der Waals surface area contributed by atoms with E-state index in [2.05, 4.69) is 10.3 Å². The number of amidine groups is 1. The van der Waals surface area contributed by atoms with Crippen LogP contribution < -0.4 is 14.8 Å². The Morgan fingerprint density at radius 3 is 2.10 bits per heavy atom. The summed E-state index contributed by atoms with van der Waals surface area (Å²) in [5.74, 6) is -0.596. The lowest BCUT2D eigenvalue weighted by Crippen LogP contribution is -2.46. The topological polar surface area (TPSA) is 136 Å². The number of hydrogen-bond donors (Lipinski definition) is 2. The van der Waals surface area contributed by atoms with Gasteiger partial charge in [-0.05, 0) is 54.6 Å². The van der Waals surface area contributed by atoms with Crippen LogP contribution in [0.15, 0.2) is 65.8 Å². The van der Waals surface area contributed by atoms with Gasteiger partial charge in [0.05, 0.1) is 30.6 Å². The first-order chi connectivity index (χ1) is 19.2. The molecule has 0 radical (unpaired) electrons. The van der Waals surface area contributed by atoms with Gasteiger partial charge in [0.1, 0.15) is 29.3 Å². The second-order valence-electron chi connectivity index (χ2n) is 8.74. The quantitative estimate of drug-likeness (QED) is 0.454. The molecule has 0 bridgehead atoms. The summed E-state index contributed by atoms with van der Waals surface area (Å²) < 4.78 is 37.2. The SMILES string of the molecule is COc1ccc(C(=O)OC[C@H]2S[C@@H](N3C=CC(NC(C)=O)=NC3O)[C@@H](F)[C@@H]2OC(=O)c2ccc(OC)cc2)cc1. The Labute approximate surface area is 233 Å². The molecule has 212 valence electrons. The van der Waals surface area contributed by atoms with Crippen molar-refractivity contribution >= 4 is 35.4 Å². The van der Waals surface area contributed by atoms with E-state index in [0.29, 0.717) is 11.5 Å². The van der Waals surface area contributed by atoms with Crippen LogP contribution in [-0.2, 0) is 14.3 Å². The lowest BCUT2D eigenvalue weighted by Gasteiger charge is -2.33. The summed E-state index contributed by atoms with van der Waals surface area (Å²) in [7, 11) is 2.99. The number of esters is 2. The number of benzene rings is 2. The minimum atomic E-state index is -1.80. The Morgan fingerprint density at radius 2 is 1.57 bits per heavy atom. The molecule has 13 heteroatoms. The smallest absolute Gasteiger partial charge is 0.338 e. The van der Waals surface area contributed by atoms with Crippen molar-refractivity contribution in [3.05, 3.63) is 71.9 Å². The fraction of sp³-hybridized carbons (Fsp3) is 0.333. The summed E-state index contributed by atoms with van der Waals surface area (Å²) in [5, 5.41) is 11.2. The number of aliphatic hydroxyl groups is 1. The number of thioether (sulfide) groups is 1. The van der Waals surface area contributed by atoms with E-state index in [-0.39, 0.29) is 29.5 Å². The molecule has 2 aliphatic rings. The number of hydrogen-bond acceptors (Lipinski definition) is 11. The van der Waals surface area contributed by atoms with Gasteiger partial charge >= 0.3 is 11.9 Å². The van der Waals surface area contributed by atoms with Crippen LogP contribution in [0.25, 0.3) is 0 Å². The molecule has 0 aliphatic carbocycles. The first-order valence-corrected chi connectivity index (χ1v) is 13.1. The van der Waals surface area contributed by atoms with Crippen LogP contribution in [0.3, 0.4) is 0 Å². The maximum Gasteiger partial charge on any atom is 0.338 e. The average molecular weight is 574 g/mol. The standard InChI is InChI=1S/C27H28FN3O8S/c1-15(32)29-21-12-13-31(27(35)30-21)24-22(28)23(39-26(34)17-6-10-19(37-3)11-7-17)20(40-24)14-38-25(33)16-4-8-18(36-2)9-5-16/h4-13,20,22-24,27,35H,14H2,1-3H3,(H,29,30,32)/t20-,22+,23-,24-,27?/m1/s1. The van der Waals surface area contributed by atoms with Crippen molar-refractivity contribution in [1.29, 1.82) is 0 Å². The number of carbonyl (C=O) groups excluding carboxylic acids is 3. The van der Waals surface area contributed by atoms with Gasteiger partial charge in [-0.1, -0.05) is 0 Å². The molecular weight excluding hydrogens is 545 g/mol. The molecule has 0 aromatic heterocycles. The molecule has 2 aromatic carbocycles. The molecule has 2 heterocycles. The van der Waals surface area contributed by atoms with Crippen molar-refractivity contribution in [2.24, 2.45) is 4.99 Å². The van der Waals surface area contributed by atoms with Crippen LogP contribution in [0.2, 0.25) is 0 Å². The minimum Gasteiger partial charge on any atom is -0.497 e. The monoisotopic (exact) mass is 573 g/mol. The molecule has 0 spiro atoms. The van der Waals surface area contributed by atoms with E-state index < -0.39 is 41.2 Å². The van der Waals surface area contributed by atoms with E-state index in [1.54, 1.807) is 24.3 Å². The molecule has 11 nitrogen and oxygen atoms in total. The molecule has 2 N–H and O–H groups in total. The van der Waals surface area contributed by atoms with Gasteiger partial charge in [-0.25, -0.2) is 19.0 Å². The number of halogens is 1. The predicted molar refractivity (Wildman–Crippen MR) is 144 cm³/mol. The number of amides is 1. The number of carbonyl (C=O) groups is 3. The molecule has 1 fully saturated rings. The molecule has 40 heavy (non-hydrogen) atoms. The highest BCUT2D eigenvalue weighted by Crippen LogP contribution is 2.42. The molecule has 0 saturated carbocycles. The van der Waals surface area contributed by atoms with Crippen LogP contribution in [0, 0.1) is 0 Å². The summed E-state index contributed by atoms with van der Waals surface area (Å²) in [4.78, 5) is 42.1. The number of nitrogens with zero attached hydrogens (tertiary/aromatic N) is 2. The third kappa shape index (κ3) is 6.72. The average Bonchev–Trinajstić information content (AvgIpc) is 3.25. The first-order valence-electron chi connectivity index (χ1n) is 12.1. The molecule has 1 amide bonds. The van der Waals surface area contributed by atoms with Gasteiger partial charge in [0.25, 0.3) is 0 Å². The van der Waals surface area contributed by atoms with Crippen LogP contribution in [0.5, 0.6) is 11.5 Å². The maximum absolute atomic E-state index is 15.9. The fourth-order valence-electron chi connectivity index (χ4n) is 4.03. The third-order valence-electron chi connectivity index (χ3n) is 6.06. The Balaban J connectivity index is 1.51. The van der Waals surface area contributed by atoms with E-state index in [4.69, 9.17) is 18.9 Å². The zero-order chi connectivity index (χ0) is 28.8. The Morgan fingerprint density at radius 1 is 1.00 bits per heavy atom. The van der Waals surface area contributed by atoms with Gasteiger partial charge in [0.15, 0.2) is 12.3 Å². The summed E-state index contributed by atoms with van der Waals surface area (Å²) in [5.41, 5.74) is 0.441. The second-order valence-corrected chi connectivity index (χ2v) is 10.1. The molecule has 4 rings (SSSR count). The maximum atomic E-state index is 15.9. The van der Waals surface area contributed by atoms with Gasteiger partial charge in [-0.2, -0.15) is 0 Å². The van der Waals surface area contributed by atoms with E-state index in [1.165, 1.54) is 62.6 Å². The number of methoxy groups -OCH3 is 2. The van der Waals surface area contributed by atoms with E-state index in [0.717, 1.165) is 11.8 Å². The zero-order valence-electron chi connectivity index (χ0n) is 21.9. The van der Waals surface area contributed by atoms with Crippen LogP contribution in [0.4, 0.5) is 4.39 Å². The fourth-order valence-corrected chi connectivity index (χ4v) is 5.52. The van der Waals surface area contributed by atoms with Gasteiger partial charge in [-0.3, -0.25) is 4.79 Å².